The molecular formula is C17H18N2O3S2. The maximum atomic E-state index is 12.2. The molecule has 24 heavy (non-hydrogen) atoms. The molecule has 0 aliphatic rings. The Kier molecular flexibility index (Phi) is 7.02. The minimum Gasteiger partial charge on any atom is -0.497 e. The van der Waals surface area contributed by atoms with Gasteiger partial charge < -0.3 is 10.1 Å². The molecule has 126 valence electrons. The highest BCUT2D eigenvalue weighted by Crippen LogP contribution is 2.24. The molecule has 0 aliphatic carbocycles. The number of hydrogen-bond donors (Lipinski definition) is 1. The Bertz CT molecular complexity index is 711. The first-order valence-corrected chi connectivity index (χ1v) is 9.11. The Morgan fingerprint density at radius 3 is 2.79 bits per heavy atom. The number of nitrogens with zero attached hydrogens (tertiary/aromatic N) is 1. The summed E-state index contributed by atoms with van der Waals surface area (Å²) < 4.78 is 5.86. The summed E-state index contributed by atoms with van der Waals surface area (Å²) in [5, 5.41) is 4.55. The molecule has 1 aromatic carbocycles. The summed E-state index contributed by atoms with van der Waals surface area (Å²) in [6.45, 7) is 3.99. The normalized spacial score (nSPS) is 10.2. The molecule has 0 saturated carbocycles. The minimum atomic E-state index is -0.0916. The van der Waals surface area contributed by atoms with Crippen molar-refractivity contribution in [3.8, 4) is 5.75 Å². The Morgan fingerprint density at radius 1 is 1.38 bits per heavy atom. The number of thiazole rings is 1. The van der Waals surface area contributed by atoms with E-state index >= 15 is 0 Å². The molecule has 5 nitrogen and oxygen atoms in total. The molecule has 0 spiro atoms. The molecule has 0 atom stereocenters. The van der Waals surface area contributed by atoms with Crippen molar-refractivity contribution in [2.75, 3.05) is 19.4 Å². The number of Topliss-reactive ketones (excluding diaryl/α,β-unsaturated/α-hetero) is 1. The van der Waals surface area contributed by atoms with Gasteiger partial charge in [0.1, 0.15) is 5.75 Å². The van der Waals surface area contributed by atoms with Crippen molar-refractivity contribution >= 4 is 34.8 Å². The number of ether oxygens (including phenoxy) is 1. The monoisotopic (exact) mass is 362 g/mol. The van der Waals surface area contributed by atoms with Crippen LogP contribution in [0.3, 0.4) is 0 Å². The van der Waals surface area contributed by atoms with Gasteiger partial charge in [-0.1, -0.05) is 17.8 Å². The van der Waals surface area contributed by atoms with Crippen molar-refractivity contribution in [3.63, 3.8) is 0 Å². The maximum absolute atomic E-state index is 12.2. The van der Waals surface area contributed by atoms with Gasteiger partial charge in [-0.05, 0) is 24.3 Å². The Hall–Kier alpha value is -2.12. The summed E-state index contributed by atoms with van der Waals surface area (Å²) in [7, 11) is 1.59. The molecule has 0 saturated heterocycles. The number of thioether (sulfide) groups is 1. The van der Waals surface area contributed by atoms with E-state index in [-0.39, 0.29) is 18.1 Å². The zero-order chi connectivity index (χ0) is 17.4. The summed E-state index contributed by atoms with van der Waals surface area (Å²) in [5.74, 6) is 0.967. The molecule has 0 unspecified atom stereocenters. The fourth-order valence-electron chi connectivity index (χ4n) is 1.84. The van der Waals surface area contributed by atoms with Crippen molar-refractivity contribution in [3.05, 3.63) is 53.6 Å². The van der Waals surface area contributed by atoms with Crippen molar-refractivity contribution in [1.82, 2.24) is 10.3 Å². The van der Waals surface area contributed by atoms with E-state index < -0.39 is 0 Å². The third kappa shape index (κ3) is 5.50. The SMILES string of the molecule is C=CCNC(=O)Cc1csc(SCC(=O)c2ccc(OC)cc2)n1. The Balaban J connectivity index is 1.84. The van der Waals surface area contributed by atoms with E-state index in [0.717, 1.165) is 10.1 Å². The molecule has 0 bridgehead atoms. The van der Waals surface area contributed by atoms with Crippen LogP contribution in [-0.4, -0.2) is 36.1 Å². The topological polar surface area (TPSA) is 68.3 Å². The summed E-state index contributed by atoms with van der Waals surface area (Å²) >= 11 is 2.82. The summed E-state index contributed by atoms with van der Waals surface area (Å²) in [6.07, 6.45) is 1.86. The van der Waals surface area contributed by atoms with E-state index in [2.05, 4.69) is 16.9 Å². The maximum Gasteiger partial charge on any atom is 0.226 e. The highest BCUT2D eigenvalue weighted by atomic mass is 32.2. The quantitative estimate of drug-likeness (QED) is 0.422. The van der Waals surface area contributed by atoms with E-state index in [0.29, 0.717) is 23.6 Å². The average Bonchev–Trinajstić information content (AvgIpc) is 3.05. The lowest BCUT2D eigenvalue weighted by atomic mass is 10.1. The third-order valence-electron chi connectivity index (χ3n) is 3.05. The molecule has 1 N–H and O–H groups in total. The van der Waals surface area contributed by atoms with Gasteiger partial charge >= 0.3 is 0 Å². The fraction of sp³-hybridized carbons (Fsp3) is 0.235. The molecule has 7 heteroatoms. The third-order valence-corrected chi connectivity index (χ3v) is 5.12. The molecule has 1 heterocycles. The van der Waals surface area contributed by atoms with Gasteiger partial charge in [0.25, 0.3) is 0 Å². The summed E-state index contributed by atoms with van der Waals surface area (Å²) in [5.41, 5.74) is 1.35. The van der Waals surface area contributed by atoms with Gasteiger partial charge in [0.05, 0.1) is 25.0 Å². The number of ketones is 1. The van der Waals surface area contributed by atoms with Gasteiger partial charge in [0, 0.05) is 17.5 Å². The van der Waals surface area contributed by atoms with Crippen molar-refractivity contribution in [1.29, 1.82) is 0 Å². The summed E-state index contributed by atoms with van der Waals surface area (Å²) in [4.78, 5) is 28.2. The lowest BCUT2D eigenvalue weighted by Crippen LogP contribution is -2.25. The predicted octanol–water partition coefficient (Wildman–Crippen LogP) is 2.97. The van der Waals surface area contributed by atoms with Crippen LogP contribution < -0.4 is 10.1 Å². The summed E-state index contributed by atoms with van der Waals surface area (Å²) in [6, 6.07) is 7.03. The number of hydrogen-bond acceptors (Lipinski definition) is 6. The van der Waals surface area contributed by atoms with Crippen LogP contribution in [0.25, 0.3) is 0 Å². The van der Waals surface area contributed by atoms with E-state index in [9.17, 15) is 9.59 Å². The predicted molar refractivity (Wildman–Crippen MR) is 97.1 cm³/mol. The van der Waals surface area contributed by atoms with Crippen LogP contribution in [0.1, 0.15) is 16.1 Å². The number of carbonyl (C=O) groups excluding carboxylic acids is 2. The number of rotatable bonds is 9. The van der Waals surface area contributed by atoms with Crippen LogP contribution in [0, 0.1) is 0 Å². The van der Waals surface area contributed by atoms with Gasteiger partial charge in [-0.3, -0.25) is 9.59 Å². The van der Waals surface area contributed by atoms with Crippen LogP contribution in [0.15, 0.2) is 46.6 Å². The van der Waals surface area contributed by atoms with Crippen molar-refractivity contribution < 1.29 is 14.3 Å². The van der Waals surface area contributed by atoms with Gasteiger partial charge in [-0.15, -0.1) is 17.9 Å². The molecule has 1 aromatic heterocycles. The zero-order valence-corrected chi connectivity index (χ0v) is 14.9. The van der Waals surface area contributed by atoms with E-state index in [1.807, 2.05) is 5.38 Å². The van der Waals surface area contributed by atoms with Crippen molar-refractivity contribution in [2.24, 2.45) is 0 Å². The Labute approximate surface area is 149 Å². The second-order valence-electron chi connectivity index (χ2n) is 4.81. The van der Waals surface area contributed by atoms with Crippen molar-refractivity contribution in [2.45, 2.75) is 10.8 Å². The van der Waals surface area contributed by atoms with Gasteiger partial charge in [0.15, 0.2) is 10.1 Å². The van der Waals surface area contributed by atoms with E-state index in [1.54, 1.807) is 37.5 Å². The van der Waals surface area contributed by atoms with Crippen LogP contribution >= 0.6 is 23.1 Å². The standard InChI is InChI=1S/C17H18N2O3S2/c1-3-8-18-16(21)9-13-10-23-17(19-13)24-11-15(20)12-4-6-14(22-2)7-5-12/h3-7,10H,1,8-9,11H2,2H3,(H,18,21). The molecular weight excluding hydrogens is 344 g/mol. The minimum absolute atomic E-state index is 0.0307. The smallest absolute Gasteiger partial charge is 0.226 e. The second kappa shape index (κ2) is 9.24. The molecule has 2 aromatic rings. The Morgan fingerprint density at radius 2 is 2.12 bits per heavy atom. The number of benzene rings is 1. The molecule has 2 rings (SSSR count). The van der Waals surface area contributed by atoms with E-state index in [4.69, 9.17) is 4.74 Å². The van der Waals surface area contributed by atoms with Crippen LogP contribution in [0.2, 0.25) is 0 Å². The number of amides is 1. The largest absolute Gasteiger partial charge is 0.497 e. The molecule has 1 amide bonds. The first kappa shape index (κ1) is 18.2. The average molecular weight is 362 g/mol. The van der Waals surface area contributed by atoms with Gasteiger partial charge in [0.2, 0.25) is 5.91 Å². The van der Waals surface area contributed by atoms with Gasteiger partial charge in [-0.25, -0.2) is 4.98 Å². The van der Waals surface area contributed by atoms with Crippen LogP contribution in [-0.2, 0) is 11.2 Å². The highest BCUT2D eigenvalue weighted by Gasteiger charge is 2.11. The first-order valence-electron chi connectivity index (χ1n) is 7.24. The molecule has 0 radical (unpaired) electrons. The fourth-order valence-corrected chi connectivity index (χ4v) is 3.58. The van der Waals surface area contributed by atoms with Crippen LogP contribution in [0.5, 0.6) is 5.75 Å². The number of aromatic nitrogens is 1. The number of methoxy groups -OCH3 is 1. The zero-order valence-electron chi connectivity index (χ0n) is 13.3. The lowest BCUT2D eigenvalue weighted by molar-refractivity contribution is -0.120. The molecule has 0 fully saturated rings. The number of nitrogens with one attached hydrogen (secondary N) is 1. The lowest BCUT2D eigenvalue weighted by Gasteiger charge is -2.02. The second-order valence-corrected chi connectivity index (χ2v) is 6.90. The van der Waals surface area contributed by atoms with Gasteiger partial charge in [-0.2, -0.15) is 0 Å². The highest BCUT2D eigenvalue weighted by molar-refractivity contribution is 8.01. The number of carbonyl (C=O) groups is 2. The van der Waals surface area contributed by atoms with Crippen LogP contribution in [0.4, 0.5) is 0 Å². The van der Waals surface area contributed by atoms with E-state index in [1.165, 1.54) is 23.1 Å². The molecule has 0 aliphatic heterocycles. The first-order chi connectivity index (χ1) is 11.6.